The molecule has 2 atom stereocenters. The summed E-state index contributed by atoms with van der Waals surface area (Å²) in [5, 5.41) is 12.3. The molecule has 1 rings (SSSR count). The molecular weight excluding hydrogens is 275 g/mol. The van der Waals surface area contributed by atoms with Crippen molar-refractivity contribution in [1.82, 2.24) is 10.2 Å². The van der Waals surface area contributed by atoms with Crippen LogP contribution in [0.15, 0.2) is 24.3 Å². The fraction of sp³-hybridized carbons (Fsp3) is 0.533. The molecule has 1 amide bonds. The zero-order valence-corrected chi connectivity index (χ0v) is 12.7. The minimum absolute atomic E-state index is 0.143. The molecule has 0 saturated carbocycles. The monoisotopic (exact) mass is 298 g/mol. The Morgan fingerprint density at radius 3 is 2.76 bits per heavy atom. The molecule has 0 aromatic heterocycles. The molecule has 1 aromatic rings. The van der Waals surface area contributed by atoms with Crippen LogP contribution in [0.25, 0.3) is 0 Å². The van der Waals surface area contributed by atoms with Gasteiger partial charge in [0.15, 0.2) is 0 Å². The molecule has 21 heavy (non-hydrogen) atoms. The van der Waals surface area contributed by atoms with Gasteiger partial charge in [-0.05, 0) is 20.0 Å². The number of nitrogens with zero attached hydrogens (tertiary/aromatic N) is 1. The van der Waals surface area contributed by atoms with Crippen molar-refractivity contribution in [2.75, 3.05) is 27.3 Å². The van der Waals surface area contributed by atoms with Gasteiger partial charge in [0.2, 0.25) is 5.91 Å². The number of benzene rings is 1. The number of carbonyl (C=O) groups excluding carboxylic acids is 1. The Kier molecular flexibility index (Phi) is 7.28. The molecule has 1 aromatic carbocycles. The number of nitrogens with one attached hydrogen (secondary N) is 1. The maximum atomic E-state index is 13.4. The number of aliphatic hydroxyl groups is 1. The van der Waals surface area contributed by atoms with E-state index in [0.717, 1.165) is 0 Å². The minimum Gasteiger partial charge on any atom is -0.389 e. The second kappa shape index (κ2) is 8.71. The van der Waals surface area contributed by atoms with Gasteiger partial charge in [-0.1, -0.05) is 18.2 Å². The van der Waals surface area contributed by atoms with Crippen LogP contribution in [0.3, 0.4) is 0 Å². The standard InChI is InChI=1S/C15H23FN2O3/c1-11(18(2)9-13(19)10-21-3)15(20)17-8-12-6-4-5-7-14(12)16/h4-7,11,13,19H,8-10H2,1-3H3,(H,17,20). The fourth-order valence-corrected chi connectivity index (χ4v) is 1.91. The lowest BCUT2D eigenvalue weighted by molar-refractivity contribution is -0.126. The largest absolute Gasteiger partial charge is 0.389 e. The van der Waals surface area contributed by atoms with Gasteiger partial charge in [0.25, 0.3) is 0 Å². The third kappa shape index (κ3) is 5.79. The van der Waals surface area contributed by atoms with E-state index in [-0.39, 0.29) is 24.9 Å². The summed E-state index contributed by atoms with van der Waals surface area (Å²) in [5.74, 6) is -0.556. The molecule has 0 bridgehead atoms. The van der Waals surface area contributed by atoms with Gasteiger partial charge in [0, 0.05) is 25.8 Å². The van der Waals surface area contributed by atoms with E-state index in [4.69, 9.17) is 4.74 Å². The number of hydrogen-bond acceptors (Lipinski definition) is 4. The van der Waals surface area contributed by atoms with Crippen LogP contribution in [0.2, 0.25) is 0 Å². The van der Waals surface area contributed by atoms with Crippen LogP contribution in [-0.4, -0.2) is 55.4 Å². The average molecular weight is 298 g/mol. The van der Waals surface area contributed by atoms with E-state index in [1.54, 1.807) is 37.1 Å². The molecule has 2 unspecified atom stereocenters. The van der Waals surface area contributed by atoms with Crippen molar-refractivity contribution in [3.63, 3.8) is 0 Å². The predicted molar refractivity (Wildman–Crippen MR) is 78.2 cm³/mol. The summed E-state index contributed by atoms with van der Waals surface area (Å²) in [6.45, 7) is 2.41. The van der Waals surface area contributed by atoms with Crippen LogP contribution in [0.5, 0.6) is 0 Å². The summed E-state index contributed by atoms with van der Waals surface area (Å²) >= 11 is 0. The Labute approximate surface area is 124 Å². The highest BCUT2D eigenvalue weighted by Crippen LogP contribution is 2.06. The lowest BCUT2D eigenvalue weighted by Gasteiger charge is -2.26. The molecular formula is C15H23FN2O3. The number of carbonyl (C=O) groups is 1. The zero-order valence-electron chi connectivity index (χ0n) is 12.7. The molecule has 0 fully saturated rings. The van der Waals surface area contributed by atoms with Crippen LogP contribution in [0.1, 0.15) is 12.5 Å². The van der Waals surface area contributed by atoms with E-state index >= 15 is 0 Å². The second-order valence-corrected chi connectivity index (χ2v) is 5.03. The number of halogens is 1. The first-order valence-corrected chi connectivity index (χ1v) is 6.84. The molecule has 0 radical (unpaired) electrons. The Hall–Kier alpha value is -1.50. The van der Waals surface area contributed by atoms with Gasteiger partial charge >= 0.3 is 0 Å². The maximum absolute atomic E-state index is 13.4. The van der Waals surface area contributed by atoms with Crippen LogP contribution >= 0.6 is 0 Å². The van der Waals surface area contributed by atoms with Crippen LogP contribution in [-0.2, 0) is 16.1 Å². The molecule has 5 nitrogen and oxygen atoms in total. The average Bonchev–Trinajstić information content (AvgIpc) is 2.45. The number of amides is 1. The zero-order chi connectivity index (χ0) is 15.8. The third-order valence-electron chi connectivity index (χ3n) is 3.31. The van der Waals surface area contributed by atoms with Gasteiger partial charge in [0.1, 0.15) is 5.82 Å². The van der Waals surface area contributed by atoms with Gasteiger partial charge in [0.05, 0.1) is 18.8 Å². The number of ether oxygens (including phenoxy) is 1. The van der Waals surface area contributed by atoms with Gasteiger partial charge in [-0.2, -0.15) is 0 Å². The number of hydrogen-bond donors (Lipinski definition) is 2. The molecule has 0 aliphatic heterocycles. The molecule has 0 heterocycles. The summed E-state index contributed by atoms with van der Waals surface area (Å²) in [7, 11) is 3.25. The van der Waals surface area contributed by atoms with E-state index in [1.165, 1.54) is 13.2 Å². The highest BCUT2D eigenvalue weighted by Gasteiger charge is 2.20. The van der Waals surface area contributed by atoms with Crippen molar-refractivity contribution in [2.45, 2.75) is 25.6 Å². The summed E-state index contributed by atoms with van der Waals surface area (Å²) in [6.07, 6.45) is -0.651. The van der Waals surface area contributed by atoms with Crippen molar-refractivity contribution in [1.29, 1.82) is 0 Å². The van der Waals surface area contributed by atoms with Crippen LogP contribution in [0.4, 0.5) is 4.39 Å². The first-order valence-electron chi connectivity index (χ1n) is 6.84. The Balaban J connectivity index is 2.45. The molecule has 6 heteroatoms. The Morgan fingerprint density at radius 2 is 2.14 bits per heavy atom. The Morgan fingerprint density at radius 1 is 1.48 bits per heavy atom. The van der Waals surface area contributed by atoms with Crippen LogP contribution in [0, 0.1) is 5.82 Å². The Bertz CT molecular complexity index is 456. The molecule has 0 saturated heterocycles. The van der Waals surface area contributed by atoms with Crippen molar-refractivity contribution >= 4 is 5.91 Å². The fourth-order valence-electron chi connectivity index (χ4n) is 1.91. The smallest absolute Gasteiger partial charge is 0.237 e. The van der Waals surface area contributed by atoms with Crippen molar-refractivity contribution in [2.24, 2.45) is 0 Å². The van der Waals surface area contributed by atoms with Crippen molar-refractivity contribution < 1.29 is 19.0 Å². The number of methoxy groups -OCH3 is 1. The van der Waals surface area contributed by atoms with Gasteiger partial charge < -0.3 is 15.2 Å². The number of aliphatic hydroxyl groups excluding tert-OH is 1. The second-order valence-electron chi connectivity index (χ2n) is 5.03. The van der Waals surface area contributed by atoms with E-state index in [1.807, 2.05) is 0 Å². The van der Waals surface area contributed by atoms with E-state index in [2.05, 4.69) is 5.32 Å². The quantitative estimate of drug-likeness (QED) is 0.744. The van der Waals surface area contributed by atoms with Gasteiger partial charge in [-0.25, -0.2) is 4.39 Å². The number of rotatable bonds is 8. The first kappa shape index (κ1) is 17.6. The molecule has 118 valence electrons. The van der Waals surface area contributed by atoms with E-state index < -0.39 is 12.1 Å². The lowest BCUT2D eigenvalue weighted by atomic mass is 10.2. The molecule has 0 spiro atoms. The van der Waals surface area contributed by atoms with E-state index in [9.17, 15) is 14.3 Å². The molecule has 0 aliphatic carbocycles. The molecule has 2 N–H and O–H groups in total. The minimum atomic E-state index is -0.651. The predicted octanol–water partition coefficient (Wildman–Crippen LogP) is 0.770. The van der Waals surface area contributed by atoms with Crippen molar-refractivity contribution in [3.8, 4) is 0 Å². The summed E-state index contributed by atoms with van der Waals surface area (Å²) in [4.78, 5) is 13.7. The highest BCUT2D eigenvalue weighted by atomic mass is 19.1. The number of likely N-dealkylation sites (N-methyl/N-ethyl adjacent to an activating group) is 1. The van der Waals surface area contributed by atoms with Crippen LogP contribution < -0.4 is 5.32 Å². The summed E-state index contributed by atoms with van der Waals surface area (Å²) < 4.78 is 18.3. The molecule has 0 aliphatic rings. The first-order chi connectivity index (χ1) is 9.95. The SMILES string of the molecule is COCC(O)CN(C)C(C)C(=O)NCc1ccccc1F. The topological polar surface area (TPSA) is 61.8 Å². The van der Waals surface area contributed by atoms with E-state index in [0.29, 0.717) is 12.1 Å². The van der Waals surface area contributed by atoms with Crippen molar-refractivity contribution in [3.05, 3.63) is 35.6 Å². The normalized spacial score (nSPS) is 14.0. The van der Waals surface area contributed by atoms with Gasteiger partial charge in [-0.15, -0.1) is 0 Å². The summed E-state index contributed by atoms with van der Waals surface area (Å²) in [6, 6.07) is 5.89. The third-order valence-corrected chi connectivity index (χ3v) is 3.31. The van der Waals surface area contributed by atoms with Gasteiger partial charge in [-0.3, -0.25) is 9.69 Å². The maximum Gasteiger partial charge on any atom is 0.237 e. The highest BCUT2D eigenvalue weighted by molar-refractivity contribution is 5.81. The summed E-state index contributed by atoms with van der Waals surface area (Å²) in [5.41, 5.74) is 0.445. The lowest BCUT2D eigenvalue weighted by Crippen LogP contribution is -2.46.